The van der Waals surface area contributed by atoms with E-state index in [2.05, 4.69) is 10.6 Å². The van der Waals surface area contributed by atoms with Crippen molar-refractivity contribution in [2.45, 2.75) is 31.8 Å². The van der Waals surface area contributed by atoms with Gasteiger partial charge in [-0.15, -0.1) is 0 Å². The normalized spacial score (nSPS) is 16.5. The minimum atomic E-state index is 0.0412. The minimum Gasteiger partial charge on any atom is -0.508 e. The average Bonchev–Trinajstić information content (AvgIpc) is 3.10. The third-order valence-corrected chi connectivity index (χ3v) is 2.88. The maximum Gasteiger partial charge on any atom is 0.234 e. The summed E-state index contributed by atoms with van der Waals surface area (Å²) >= 11 is 0. The number of phenolic OH excluding ortho intramolecular Hbond substituents is 1. The van der Waals surface area contributed by atoms with Gasteiger partial charge >= 0.3 is 0 Å². The van der Waals surface area contributed by atoms with Crippen LogP contribution in [0.4, 0.5) is 0 Å². The average molecular weight is 234 g/mol. The Hall–Kier alpha value is -1.55. The molecular formula is C13H18N2O2. The first-order valence-electron chi connectivity index (χ1n) is 5.97. The minimum absolute atomic E-state index is 0.0412. The van der Waals surface area contributed by atoms with Gasteiger partial charge in [-0.05, 0) is 37.5 Å². The predicted octanol–water partition coefficient (Wildman–Crippen LogP) is 1.32. The Morgan fingerprint density at radius 3 is 2.94 bits per heavy atom. The van der Waals surface area contributed by atoms with E-state index in [9.17, 15) is 9.90 Å². The molecule has 3 N–H and O–H groups in total. The standard InChI is InChI=1S/C13H18N2O2/c1-9(10-3-2-4-12(16)7-10)14-8-13(17)15-11-5-6-11/h2-4,7,9,11,14,16H,5-6,8H2,1H3,(H,15,17). The van der Waals surface area contributed by atoms with Gasteiger partial charge in [-0.2, -0.15) is 0 Å². The second kappa shape index (κ2) is 5.19. The van der Waals surface area contributed by atoms with Gasteiger partial charge in [0.05, 0.1) is 6.54 Å². The van der Waals surface area contributed by atoms with Crippen molar-refractivity contribution in [3.8, 4) is 5.75 Å². The van der Waals surface area contributed by atoms with Crippen LogP contribution in [0.2, 0.25) is 0 Å². The Labute approximate surface area is 101 Å². The van der Waals surface area contributed by atoms with Crippen LogP contribution in [0.25, 0.3) is 0 Å². The molecule has 1 aliphatic carbocycles. The van der Waals surface area contributed by atoms with Crippen LogP contribution >= 0.6 is 0 Å². The molecule has 1 saturated carbocycles. The number of aromatic hydroxyl groups is 1. The summed E-state index contributed by atoms with van der Waals surface area (Å²) in [5, 5.41) is 15.4. The van der Waals surface area contributed by atoms with E-state index in [1.807, 2.05) is 13.0 Å². The van der Waals surface area contributed by atoms with E-state index in [0.29, 0.717) is 12.6 Å². The molecule has 1 amide bonds. The number of carbonyl (C=O) groups is 1. The topological polar surface area (TPSA) is 61.4 Å². The monoisotopic (exact) mass is 234 g/mol. The summed E-state index contributed by atoms with van der Waals surface area (Å²) in [5.74, 6) is 0.290. The van der Waals surface area contributed by atoms with Gasteiger partial charge < -0.3 is 15.7 Å². The van der Waals surface area contributed by atoms with Crippen molar-refractivity contribution < 1.29 is 9.90 Å². The SMILES string of the molecule is CC(NCC(=O)NC1CC1)c1cccc(O)c1. The number of benzene rings is 1. The van der Waals surface area contributed by atoms with Crippen molar-refractivity contribution in [2.75, 3.05) is 6.54 Å². The number of carbonyl (C=O) groups excluding carboxylic acids is 1. The molecule has 0 aromatic heterocycles. The number of amides is 1. The molecule has 0 bridgehead atoms. The smallest absolute Gasteiger partial charge is 0.234 e. The third-order valence-electron chi connectivity index (χ3n) is 2.88. The highest BCUT2D eigenvalue weighted by atomic mass is 16.3. The molecule has 2 rings (SSSR count). The molecule has 1 fully saturated rings. The fraction of sp³-hybridized carbons (Fsp3) is 0.462. The molecule has 4 nitrogen and oxygen atoms in total. The van der Waals surface area contributed by atoms with Crippen molar-refractivity contribution >= 4 is 5.91 Å². The zero-order valence-corrected chi connectivity index (χ0v) is 9.94. The first kappa shape index (κ1) is 11.9. The fourth-order valence-electron chi connectivity index (χ4n) is 1.66. The fourth-order valence-corrected chi connectivity index (χ4v) is 1.66. The molecule has 92 valence electrons. The van der Waals surface area contributed by atoms with Crippen LogP contribution in [-0.4, -0.2) is 23.6 Å². The lowest BCUT2D eigenvalue weighted by molar-refractivity contribution is -0.120. The van der Waals surface area contributed by atoms with Crippen LogP contribution in [0.1, 0.15) is 31.4 Å². The molecule has 0 spiro atoms. The summed E-state index contributed by atoms with van der Waals surface area (Å²) in [7, 11) is 0. The van der Waals surface area contributed by atoms with E-state index in [4.69, 9.17) is 0 Å². The van der Waals surface area contributed by atoms with Gasteiger partial charge in [0.15, 0.2) is 0 Å². The molecule has 0 aliphatic heterocycles. The van der Waals surface area contributed by atoms with Gasteiger partial charge in [0, 0.05) is 12.1 Å². The maximum absolute atomic E-state index is 11.5. The van der Waals surface area contributed by atoms with Crippen molar-refractivity contribution in [2.24, 2.45) is 0 Å². The second-order valence-corrected chi connectivity index (χ2v) is 4.54. The predicted molar refractivity (Wildman–Crippen MR) is 65.7 cm³/mol. The number of rotatable bonds is 5. The van der Waals surface area contributed by atoms with Gasteiger partial charge in [0.2, 0.25) is 5.91 Å². The van der Waals surface area contributed by atoms with Crippen molar-refractivity contribution in [3.63, 3.8) is 0 Å². The molecule has 0 radical (unpaired) electrons. The van der Waals surface area contributed by atoms with Crippen molar-refractivity contribution in [3.05, 3.63) is 29.8 Å². The number of hydrogen-bond acceptors (Lipinski definition) is 3. The van der Waals surface area contributed by atoms with E-state index in [1.165, 1.54) is 0 Å². The number of phenols is 1. The van der Waals surface area contributed by atoms with Gasteiger partial charge in [-0.3, -0.25) is 4.79 Å². The summed E-state index contributed by atoms with van der Waals surface area (Å²) in [6.45, 7) is 2.28. The van der Waals surface area contributed by atoms with Gasteiger partial charge in [0.1, 0.15) is 5.75 Å². The summed E-state index contributed by atoms with van der Waals surface area (Å²) in [6, 6.07) is 7.52. The second-order valence-electron chi connectivity index (χ2n) is 4.54. The number of nitrogens with one attached hydrogen (secondary N) is 2. The summed E-state index contributed by atoms with van der Waals surface area (Å²) in [6.07, 6.45) is 2.21. The molecule has 1 unspecified atom stereocenters. The summed E-state index contributed by atoms with van der Waals surface area (Å²) in [4.78, 5) is 11.5. The molecule has 1 aromatic carbocycles. The zero-order chi connectivity index (χ0) is 12.3. The molecule has 1 aliphatic rings. The lowest BCUT2D eigenvalue weighted by Gasteiger charge is -2.14. The summed E-state index contributed by atoms with van der Waals surface area (Å²) in [5.41, 5.74) is 0.976. The molecule has 0 saturated heterocycles. The molecule has 4 heteroatoms. The Bertz CT molecular complexity index is 402. The lowest BCUT2D eigenvalue weighted by Crippen LogP contribution is -2.36. The van der Waals surface area contributed by atoms with Crippen LogP contribution in [0.5, 0.6) is 5.75 Å². The molecule has 1 atom stereocenters. The molecule has 17 heavy (non-hydrogen) atoms. The van der Waals surface area contributed by atoms with Gasteiger partial charge in [0.25, 0.3) is 0 Å². The first-order chi connectivity index (χ1) is 8.15. The third kappa shape index (κ3) is 3.75. The Morgan fingerprint density at radius 1 is 1.53 bits per heavy atom. The van der Waals surface area contributed by atoms with Crippen LogP contribution in [0, 0.1) is 0 Å². The van der Waals surface area contributed by atoms with E-state index in [1.54, 1.807) is 18.2 Å². The van der Waals surface area contributed by atoms with Gasteiger partial charge in [-0.1, -0.05) is 12.1 Å². The van der Waals surface area contributed by atoms with Crippen LogP contribution in [-0.2, 0) is 4.79 Å². The van der Waals surface area contributed by atoms with Crippen LogP contribution < -0.4 is 10.6 Å². The number of hydrogen-bond donors (Lipinski definition) is 3. The highest BCUT2D eigenvalue weighted by molar-refractivity contribution is 5.78. The van der Waals surface area contributed by atoms with Crippen molar-refractivity contribution in [1.29, 1.82) is 0 Å². The van der Waals surface area contributed by atoms with E-state index in [0.717, 1.165) is 18.4 Å². The molecule has 0 heterocycles. The van der Waals surface area contributed by atoms with E-state index >= 15 is 0 Å². The zero-order valence-electron chi connectivity index (χ0n) is 9.94. The Kier molecular flexibility index (Phi) is 3.64. The van der Waals surface area contributed by atoms with Crippen LogP contribution in [0.3, 0.4) is 0 Å². The van der Waals surface area contributed by atoms with Gasteiger partial charge in [-0.25, -0.2) is 0 Å². The molecule has 1 aromatic rings. The maximum atomic E-state index is 11.5. The van der Waals surface area contributed by atoms with Crippen molar-refractivity contribution in [1.82, 2.24) is 10.6 Å². The molecular weight excluding hydrogens is 216 g/mol. The quantitative estimate of drug-likeness (QED) is 0.720. The lowest BCUT2D eigenvalue weighted by atomic mass is 10.1. The summed E-state index contributed by atoms with van der Waals surface area (Å²) < 4.78 is 0. The van der Waals surface area contributed by atoms with E-state index in [-0.39, 0.29) is 17.7 Å². The largest absolute Gasteiger partial charge is 0.508 e. The highest BCUT2D eigenvalue weighted by Gasteiger charge is 2.23. The van der Waals surface area contributed by atoms with E-state index < -0.39 is 0 Å². The Morgan fingerprint density at radius 2 is 2.29 bits per heavy atom. The highest BCUT2D eigenvalue weighted by Crippen LogP contribution is 2.19. The Balaban J connectivity index is 1.79. The van der Waals surface area contributed by atoms with Crippen LogP contribution in [0.15, 0.2) is 24.3 Å². The first-order valence-corrected chi connectivity index (χ1v) is 5.97.